The molecule has 0 saturated heterocycles. The van der Waals surface area contributed by atoms with Crippen molar-refractivity contribution in [1.82, 2.24) is 9.97 Å². The first-order chi connectivity index (χ1) is 11.3. The maximum atomic E-state index is 11.3. The average molecular weight is 486 g/mol. The summed E-state index contributed by atoms with van der Waals surface area (Å²) < 4.78 is 33.9. The minimum atomic E-state index is -4.87. The predicted molar refractivity (Wildman–Crippen MR) is 83.4 cm³/mol. The summed E-state index contributed by atoms with van der Waals surface area (Å²) in [5.74, 6) is -2.76. The summed E-state index contributed by atoms with van der Waals surface area (Å²) in [4.78, 5) is 28.6. The third-order valence-corrected chi connectivity index (χ3v) is 3.08. The molecule has 0 fully saturated rings. The van der Waals surface area contributed by atoms with Gasteiger partial charge < -0.3 is 0 Å². The van der Waals surface area contributed by atoms with Gasteiger partial charge in [-0.05, 0) is 31.2 Å². The number of halogens is 3. The van der Waals surface area contributed by atoms with Crippen LogP contribution in [0.2, 0.25) is 0 Å². The van der Waals surface area contributed by atoms with Crippen molar-refractivity contribution in [1.29, 1.82) is 0 Å². The zero-order valence-corrected chi connectivity index (χ0v) is 15.5. The molecule has 131 valence electrons. The quantitative estimate of drug-likeness (QED) is 0.408. The van der Waals surface area contributed by atoms with Crippen molar-refractivity contribution >= 4 is 33.4 Å². The van der Waals surface area contributed by atoms with Crippen LogP contribution in [0.15, 0.2) is 48.8 Å². The molecule has 2 aromatic heterocycles. The number of aromatic nitrogens is 2. The summed E-state index contributed by atoms with van der Waals surface area (Å²) in [5, 5.41) is 2.28. The SMILES string of the molecule is CC(=O)CC(=O)C(F)(F)F.[Eu].c1cnc2c(c1)ccc1ncccc12. The molecule has 25 heavy (non-hydrogen) atoms. The summed E-state index contributed by atoms with van der Waals surface area (Å²) in [5.41, 5.74) is 2.02. The molecule has 0 bridgehead atoms. The van der Waals surface area contributed by atoms with Crippen molar-refractivity contribution in [2.24, 2.45) is 0 Å². The van der Waals surface area contributed by atoms with Gasteiger partial charge in [-0.2, -0.15) is 13.2 Å². The fraction of sp³-hybridized carbons (Fsp3) is 0.176. The van der Waals surface area contributed by atoms with Crippen LogP contribution >= 0.6 is 0 Å². The van der Waals surface area contributed by atoms with E-state index < -0.39 is 24.2 Å². The minimum absolute atomic E-state index is 0. The molecule has 8 heteroatoms. The van der Waals surface area contributed by atoms with Crippen molar-refractivity contribution in [2.75, 3.05) is 0 Å². The molecule has 3 rings (SSSR count). The Morgan fingerprint density at radius 3 is 2.24 bits per heavy atom. The molecule has 0 spiro atoms. The van der Waals surface area contributed by atoms with Crippen LogP contribution in [0.1, 0.15) is 13.3 Å². The molecule has 0 aliphatic carbocycles. The summed E-state index contributed by atoms with van der Waals surface area (Å²) >= 11 is 0. The number of Topliss-reactive ketones (excluding diaryl/α,β-unsaturated/α-hetero) is 2. The smallest absolute Gasteiger partial charge is 0.300 e. The second kappa shape index (κ2) is 9.45. The molecule has 0 unspecified atom stereocenters. The second-order valence-electron chi connectivity index (χ2n) is 5.01. The number of nitrogens with zero attached hydrogens (tertiary/aromatic N) is 2. The molecular weight excluding hydrogens is 473 g/mol. The van der Waals surface area contributed by atoms with Gasteiger partial charge in [0.15, 0.2) is 0 Å². The van der Waals surface area contributed by atoms with E-state index in [1.54, 1.807) is 6.20 Å². The molecule has 1 radical (unpaired) electrons. The van der Waals surface area contributed by atoms with Crippen molar-refractivity contribution in [3.63, 3.8) is 0 Å². The van der Waals surface area contributed by atoms with Crippen LogP contribution < -0.4 is 0 Å². The number of benzene rings is 1. The van der Waals surface area contributed by atoms with E-state index in [9.17, 15) is 22.8 Å². The number of pyridine rings is 2. The molecule has 0 aliphatic rings. The Kier molecular flexibility index (Phi) is 8.24. The minimum Gasteiger partial charge on any atom is -0.300 e. The van der Waals surface area contributed by atoms with E-state index in [4.69, 9.17) is 0 Å². The van der Waals surface area contributed by atoms with Crippen LogP contribution in [0, 0.1) is 49.4 Å². The summed E-state index contributed by atoms with van der Waals surface area (Å²) in [6.45, 7) is 0.934. The summed E-state index contributed by atoms with van der Waals surface area (Å²) in [6.07, 6.45) is -2.30. The van der Waals surface area contributed by atoms with Gasteiger partial charge in [0.05, 0.1) is 17.5 Å². The fourth-order valence-corrected chi connectivity index (χ4v) is 2.02. The number of carbonyl (C=O) groups is 2. The predicted octanol–water partition coefficient (Wildman–Crippen LogP) is 3.88. The number of fused-ring (bicyclic) bond motifs is 3. The summed E-state index contributed by atoms with van der Waals surface area (Å²) in [7, 11) is 0. The standard InChI is InChI=1S/C12H8N2.C5H5F3O2.Eu/c1-3-9-5-6-11-10(4-2-7-13-11)12(9)14-8-1;1-3(9)2-4(10)5(6,7)8;/h1-8H;2H2,1H3;. The number of hydrogen-bond acceptors (Lipinski definition) is 4. The van der Waals surface area contributed by atoms with Crippen LogP contribution in [0.3, 0.4) is 0 Å². The molecule has 0 N–H and O–H groups in total. The average Bonchev–Trinajstić information content (AvgIpc) is 2.54. The molecular formula is C17H13EuF3N2O2. The van der Waals surface area contributed by atoms with Gasteiger partial charge in [-0.3, -0.25) is 19.6 Å². The Hall–Kier alpha value is -1.25. The molecule has 2 heterocycles. The first kappa shape index (κ1) is 21.8. The first-order valence-corrected chi connectivity index (χ1v) is 6.97. The molecule has 0 saturated carbocycles. The molecule has 4 nitrogen and oxygen atoms in total. The van der Waals surface area contributed by atoms with Crippen molar-refractivity contribution in [2.45, 2.75) is 19.5 Å². The van der Waals surface area contributed by atoms with Gasteiger partial charge in [-0.15, -0.1) is 0 Å². The van der Waals surface area contributed by atoms with Gasteiger partial charge in [-0.25, -0.2) is 0 Å². The molecule has 3 aromatic rings. The van der Waals surface area contributed by atoms with Crippen molar-refractivity contribution in [3.8, 4) is 0 Å². The van der Waals surface area contributed by atoms with E-state index in [1.807, 2.05) is 24.4 Å². The van der Waals surface area contributed by atoms with E-state index in [0.29, 0.717) is 0 Å². The molecule has 0 atom stereocenters. The number of rotatable bonds is 2. The van der Waals surface area contributed by atoms with E-state index in [1.165, 1.54) is 0 Å². The Morgan fingerprint density at radius 2 is 1.64 bits per heavy atom. The Morgan fingerprint density at radius 1 is 1.00 bits per heavy atom. The summed E-state index contributed by atoms with van der Waals surface area (Å²) in [6, 6.07) is 12.1. The van der Waals surface area contributed by atoms with Gasteiger partial charge in [0, 0.05) is 72.5 Å². The van der Waals surface area contributed by atoms with Gasteiger partial charge in [0.25, 0.3) is 0 Å². The maximum absolute atomic E-state index is 11.3. The fourth-order valence-electron chi connectivity index (χ4n) is 2.02. The van der Waals surface area contributed by atoms with Crippen molar-refractivity contribution in [3.05, 3.63) is 48.8 Å². The molecule has 0 amide bonds. The van der Waals surface area contributed by atoms with Gasteiger partial charge in [0.1, 0.15) is 5.78 Å². The van der Waals surface area contributed by atoms with Crippen LogP contribution in [0.4, 0.5) is 13.2 Å². The van der Waals surface area contributed by atoms with Gasteiger partial charge in [-0.1, -0.05) is 12.1 Å². The van der Waals surface area contributed by atoms with Gasteiger partial charge >= 0.3 is 6.18 Å². The van der Waals surface area contributed by atoms with E-state index in [2.05, 4.69) is 28.2 Å². The zero-order chi connectivity index (χ0) is 17.7. The van der Waals surface area contributed by atoms with Crippen molar-refractivity contribution < 1.29 is 72.1 Å². The normalized spacial score (nSPS) is 10.6. The van der Waals surface area contributed by atoms with Gasteiger partial charge in [0.2, 0.25) is 5.78 Å². The third-order valence-electron chi connectivity index (χ3n) is 3.08. The topological polar surface area (TPSA) is 59.9 Å². The number of alkyl halides is 3. The van der Waals surface area contributed by atoms with Crippen LogP contribution in [0.5, 0.6) is 0 Å². The van der Waals surface area contributed by atoms with E-state index in [0.717, 1.165) is 28.7 Å². The number of ketones is 2. The maximum Gasteiger partial charge on any atom is 0.450 e. The second-order valence-corrected chi connectivity index (χ2v) is 5.01. The largest absolute Gasteiger partial charge is 0.450 e. The molecule has 1 aromatic carbocycles. The van der Waals surface area contributed by atoms with Crippen LogP contribution in [0.25, 0.3) is 21.8 Å². The van der Waals surface area contributed by atoms with E-state index in [-0.39, 0.29) is 49.4 Å². The monoisotopic (exact) mass is 487 g/mol. The first-order valence-electron chi connectivity index (χ1n) is 6.97. The third kappa shape index (κ3) is 6.20. The van der Waals surface area contributed by atoms with Crippen LogP contribution in [-0.4, -0.2) is 27.7 Å². The van der Waals surface area contributed by atoms with Crippen LogP contribution in [-0.2, 0) is 9.59 Å². The Labute approximate surface area is 182 Å². The number of carbonyl (C=O) groups excluding carboxylic acids is 2. The number of hydrogen-bond donors (Lipinski definition) is 0. The Balaban J connectivity index is 0.000000257. The molecule has 0 aliphatic heterocycles. The zero-order valence-electron chi connectivity index (χ0n) is 13.0. The van der Waals surface area contributed by atoms with E-state index >= 15 is 0 Å². The Bertz CT molecular complexity index is 843.